The number of piperidine rings is 1. The van der Waals surface area contributed by atoms with Gasteiger partial charge in [0.1, 0.15) is 5.56 Å². The molecule has 1 aromatic carbocycles. The maximum Gasteiger partial charge on any atom is 0.259 e. The molecule has 4 rings (SSSR count). The molecule has 1 amide bonds. The maximum atomic E-state index is 13.0. The SMILES string of the molecule is Cc1ccc2c(c1)c(=O)c(C(=O)N1CCC(c3noc(C)n3)CC1)cn2C. The first-order chi connectivity index (χ1) is 12.9. The molecule has 140 valence electrons. The summed E-state index contributed by atoms with van der Waals surface area (Å²) in [5.74, 6) is 1.24. The number of fused-ring (bicyclic) bond motifs is 1. The minimum absolute atomic E-state index is 0.189. The van der Waals surface area contributed by atoms with E-state index in [1.54, 1.807) is 18.0 Å². The minimum atomic E-state index is -0.207. The monoisotopic (exact) mass is 366 g/mol. The number of nitrogens with zero attached hydrogens (tertiary/aromatic N) is 4. The van der Waals surface area contributed by atoms with Crippen LogP contribution in [-0.2, 0) is 7.05 Å². The molecule has 7 heteroatoms. The fraction of sp³-hybridized carbons (Fsp3) is 0.400. The second kappa shape index (κ2) is 6.64. The highest BCUT2D eigenvalue weighted by Gasteiger charge is 2.28. The van der Waals surface area contributed by atoms with Gasteiger partial charge in [0.15, 0.2) is 5.82 Å². The van der Waals surface area contributed by atoms with Crippen molar-refractivity contribution in [1.82, 2.24) is 19.6 Å². The van der Waals surface area contributed by atoms with E-state index >= 15 is 0 Å². The fourth-order valence-electron chi connectivity index (χ4n) is 3.75. The lowest BCUT2D eigenvalue weighted by Gasteiger charge is -2.30. The molecule has 0 spiro atoms. The number of aromatic nitrogens is 3. The van der Waals surface area contributed by atoms with Gasteiger partial charge in [-0.05, 0) is 31.9 Å². The van der Waals surface area contributed by atoms with E-state index in [9.17, 15) is 9.59 Å². The van der Waals surface area contributed by atoms with Gasteiger partial charge in [0.05, 0.1) is 5.52 Å². The third-order valence-electron chi connectivity index (χ3n) is 5.27. The van der Waals surface area contributed by atoms with E-state index in [0.29, 0.717) is 30.2 Å². The summed E-state index contributed by atoms with van der Waals surface area (Å²) in [6.45, 7) is 4.86. The highest BCUT2D eigenvalue weighted by Crippen LogP contribution is 2.26. The van der Waals surface area contributed by atoms with Gasteiger partial charge in [0.25, 0.3) is 5.91 Å². The normalized spacial score (nSPS) is 15.4. The lowest BCUT2D eigenvalue weighted by Crippen LogP contribution is -2.40. The summed E-state index contributed by atoms with van der Waals surface area (Å²) in [7, 11) is 1.86. The Morgan fingerprint density at radius 1 is 1.22 bits per heavy atom. The number of aryl methyl sites for hydroxylation is 3. The van der Waals surface area contributed by atoms with E-state index in [2.05, 4.69) is 10.1 Å². The van der Waals surface area contributed by atoms with E-state index in [0.717, 1.165) is 23.9 Å². The number of likely N-dealkylation sites (tertiary alicyclic amines) is 1. The van der Waals surface area contributed by atoms with Gasteiger partial charge >= 0.3 is 0 Å². The molecule has 1 fully saturated rings. The predicted octanol–water partition coefficient (Wildman–Crippen LogP) is 2.56. The second-order valence-corrected chi connectivity index (χ2v) is 7.24. The molecule has 0 unspecified atom stereocenters. The Morgan fingerprint density at radius 3 is 2.63 bits per heavy atom. The van der Waals surface area contributed by atoms with Gasteiger partial charge in [-0.15, -0.1) is 0 Å². The van der Waals surface area contributed by atoms with Gasteiger partial charge in [-0.1, -0.05) is 16.8 Å². The van der Waals surface area contributed by atoms with Crippen LogP contribution in [0.1, 0.15) is 46.4 Å². The lowest BCUT2D eigenvalue weighted by atomic mass is 9.95. The summed E-state index contributed by atoms with van der Waals surface area (Å²) >= 11 is 0. The van der Waals surface area contributed by atoms with Gasteiger partial charge in [0.2, 0.25) is 11.3 Å². The van der Waals surface area contributed by atoms with Crippen molar-refractivity contribution in [2.45, 2.75) is 32.6 Å². The summed E-state index contributed by atoms with van der Waals surface area (Å²) in [5.41, 5.74) is 1.85. The van der Waals surface area contributed by atoms with Crippen molar-refractivity contribution in [1.29, 1.82) is 0 Å². The van der Waals surface area contributed by atoms with Crippen molar-refractivity contribution >= 4 is 16.8 Å². The maximum absolute atomic E-state index is 13.0. The Kier molecular flexibility index (Phi) is 4.30. The zero-order valence-corrected chi connectivity index (χ0v) is 15.7. The largest absolute Gasteiger partial charge is 0.350 e. The van der Waals surface area contributed by atoms with Crippen LogP contribution in [0.15, 0.2) is 33.7 Å². The van der Waals surface area contributed by atoms with E-state index in [1.165, 1.54) is 0 Å². The Labute approximate surface area is 156 Å². The third kappa shape index (κ3) is 3.13. The highest BCUT2D eigenvalue weighted by molar-refractivity contribution is 5.97. The Balaban J connectivity index is 1.58. The standard InChI is InChI=1S/C20H22N4O3/c1-12-4-5-17-15(10-12)18(25)16(11-23(17)3)20(26)24-8-6-14(7-9-24)19-21-13(2)27-22-19/h4-5,10-11,14H,6-9H2,1-3H3. The van der Waals surface area contributed by atoms with Gasteiger partial charge < -0.3 is 14.0 Å². The summed E-state index contributed by atoms with van der Waals surface area (Å²) < 4.78 is 6.90. The van der Waals surface area contributed by atoms with Crippen LogP contribution in [0.4, 0.5) is 0 Å². The van der Waals surface area contributed by atoms with Crippen molar-refractivity contribution in [2.75, 3.05) is 13.1 Å². The van der Waals surface area contributed by atoms with E-state index in [4.69, 9.17) is 4.52 Å². The number of hydrogen-bond donors (Lipinski definition) is 0. The first-order valence-corrected chi connectivity index (χ1v) is 9.13. The van der Waals surface area contributed by atoms with Crippen molar-refractivity contribution in [3.05, 3.63) is 57.5 Å². The Hall–Kier alpha value is -2.96. The fourth-order valence-corrected chi connectivity index (χ4v) is 3.75. The predicted molar refractivity (Wildman–Crippen MR) is 101 cm³/mol. The molecule has 0 radical (unpaired) electrons. The van der Waals surface area contributed by atoms with Crippen molar-refractivity contribution in [2.24, 2.45) is 7.05 Å². The van der Waals surface area contributed by atoms with Gasteiger partial charge in [-0.2, -0.15) is 4.98 Å². The molecule has 1 aliphatic heterocycles. The molecule has 7 nitrogen and oxygen atoms in total. The van der Waals surface area contributed by atoms with Crippen molar-refractivity contribution < 1.29 is 9.32 Å². The number of pyridine rings is 1. The molecule has 1 saturated heterocycles. The van der Waals surface area contributed by atoms with Crippen LogP contribution in [0.3, 0.4) is 0 Å². The highest BCUT2D eigenvalue weighted by atomic mass is 16.5. The van der Waals surface area contributed by atoms with Gasteiger partial charge in [-0.25, -0.2) is 0 Å². The van der Waals surface area contributed by atoms with E-state index < -0.39 is 0 Å². The lowest BCUT2D eigenvalue weighted by molar-refractivity contribution is 0.0708. The van der Waals surface area contributed by atoms with Crippen LogP contribution in [0.5, 0.6) is 0 Å². The van der Waals surface area contributed by atoms with Crippen LogP contribution in [0, 0.1) is 13.8 Å². The molecule has 1 aliphatic rings. The first-order valence-electron chi connectivity index (χ1n) is 9.13. The Bertz CT molecular complexity index is 1070. The molecule has 3 aromatic rings. The van der Waals surface area contributed by atoms with Crippen molar-refractivity contribution in [3.63, 3.8) is 0 Å². The topological polar surface area (TPSA) is 81.2 Å². The summed E-state index contributed by atoms with van der Waals surface area (Å²) in [6.07, 6.45) is 3.17. The molecular weight excluding hydrogens is 344 g/mol. The summed E-state index contributed by atoms with van der Waals surface area (Å²) in [6, 6.07) is 5.73. The minimum Gasteiger partial charge on any atom is -0.350 e. The average molecular weight is 366 g/mol. The molecule has 3 heterocycles. The zero-order valence-electron chi connectivity index (χ0n) is 15.7. The van der Waals surface area contributed by atoms with E-state index in [-0.39, 0.29) is 22.8 Å². The molecule has 0 saturated carbocycles. The summed E-state index contributed by atoms with van der Waals surface area (Å²) in [4.78, 5) is 32.0. The Morgan fingerprint density at radius 2 is 1.96 bits per heavy atom. The van der Waals surface area contributed by atoms with Crippen LogP contribution < -0.4 is 5.43 Å². The number of rotatable bonds is 2. The first kappa shape index (κ1) is 17.5. The van der Waals surface area contributed by atoms with Crippen LogP contribution in [0.25, 0.3) is 10.9 Å². The molecule has 0 aliphatic carbocycles. The number of hydrogen-bond acceptors (Lipinski definition) is 5. The van der Waals surface area contributed by atoms with Crippen LogP contribution in [-0.4, -0.2) is 38.6 Å². The summed E-state index contributed by atoms with van der Waals surface area (Å²) in [5, 5.41) is 4.58. The molecule has 0 bridgehead atoms. The van der Waals surface area contributed by atoms with Gasteiger partial charge in [-0.3, -0.25) is 9.59 Å². The zero-order chi connectivity index (χ0) is 19.1. The molecule has 0 atom stereocenters. The van der Waals surface area contributed by atoms with Crippen LogP contribution >= 0.6 is 0 Å². The van der Waals surface area contributed by atoms with Crippen LogP contribution in [0.2, 0.25) is 0 Å². The molecule has 0 N–H and O–H groups in total. The third-order valence-corrected chi connectivity index (χ3v) is 5.27. The number of benzene rings is 1. The van der Waals surface area contributed by atoms with Crippen molar-refractivity contribution in [3.8, 4) is 0 Å². The number of amides is 1. The van der Waals surface area contributed by atoms with Gasteiger partial charge in [0, 0.05) is 44.6 Å². The quantitative estimate of drug-likeness (QED) is 0.696. The number of carbonyl (C=O) groups is 1. The molecule has 2 aromatic heterocycles. The second-order valence-electron chi connectivity index (χ2n) is 7.24. The molecule has 27 heavy (non-hydrogen) atoms. The van der Waals surface area contributed by atoms with E-state index in [1.807, 2.05) is 36.7 Å². The number of carbonyl (C=O) groups excluding carboxylic acids is 1. The smallest absolute Gasteiger partial charge is 0.259 e. The average Bonchev–Trinajstić information content (AvgIpc) is 3.10. The molecular formula is C20H22N4O3.